The Bertz CT molecular complexity index is 1130. The molecule has 1 fully saturated rings. The zero-order valence-electron chi connectivity index (χ0n) is 15.3. The molecule has 0 spiro atoms. The van der Waals surface area contributed by atoms with Gasteiger partial charge in [0.05, 0.1) is 23.1 Å². The van der Waals surface area contributed by atoms with Crippen LogP contribution in [0.5, 0.6) is 0 Å². The monoisotopic (exact) mass is 377 g/mol. The molecular formula is C22H20ClN3O. The molecule has 27 heavy (non-hydrogen) atoms. The predicted octanol–water partition coefficient (Wildman–Crippen LogP) is 4.93. The zero-order chi connectivity index (χ0) is 18.4. The highest BCUT2D eigenvalue weighted by atomic mass is 35.5. The normalized spacial score (nSPS) is 28.3. The van der Waals surface area contributed by atoms with Crippen LogP contribution in [0.2, 0.25) is 5.02 Å². The maximum Gasteiger partial charge on any atom is 0.254 e. The van der Waals surface area contributed by atoms with Gasteiger partial charge in [-0.1, -0.05) is 30.7 Å². The Labute approximate surface area is 162 Å². The lowest BCUT2D eigenvalue weighted by atomic mass is 9.90. The summed E-state index contributed by atoms with van der Waals surface area (Å²) in [4.78, 5) is 20.0. The summed E-state index contributed by atoms with van der Waals surface area (Å²) in [6.07, 6.45) is 2.10. The Morgan fingerprint density at radius 2 is 1.96 bits per heavy atom. The number of halogens is 1. The van der Waals surface area contributed by atoms with Gasteiger partial charge < -0.3 is 9.47 Å². The van der Waals surface area contributed by atoms with Gasteiger partial charge in [-0.05, 0) is 53.6 Å². The van der Waals surface area contributed by atoms with Crippen molar-refractivity contribution in [3.8, 4) is 0 Å². The molecule has 2 bridgehead atoms. The lowest BCUT2D eigenvalue weighted by Gasteiger charge is -2.25. The summed E-state index contributed by atoms with van der Waals surface area (Å²) >= 11 is 6.31. The lowest BCUT2D eigenvalue weighted by Crippen LogP contribution is -2.30. The van der Waals surface area contributed by atoms with Gasteiger partial charge in [-0.15, -0.1) is 0 Å². The van der Waals surface area contributed by atoms with Gasteiger partial charge in [0.25, 0.3) is 5.91 Å². The molecule has 5 heteroatoms. The molecule has 2 aromatic carbocycles. The number of amides is 1. The van der Waals surface area contributed by atoms with E-state index in [-0.39, 0.29) is 18.0 Å². The van der Waals surface area contributed by atoms with Crippen molar-refractivity contribution < 1.29 is 4.79 Å². The Morgan fingerprint density at radius 3 is 2.74 bits per heavy atom. The smallest absolute Gasteiger partial charge is 0.254 e. The average Bonchev–Trinajstić information content (AvgIpc) is 3.15. The SMILES string of the molecule is C[C@@H]1C[C@H]1c1cccc2c1[C@H]1C[C@H](c3nc4ccc(Cl)cc4n31)N(C)C2=O. The number of carbonyl (C=O) groups excluding carboxylic acids is 1. The van der Waals surface area contributed by atoms with Crippen LogP contribution in [0.4, 0.5) is 0 Å². The largest absolute Gasteiger partial charge is 0.331 e. The number of aromatic nitrogens is 2. The summed E-state index contributed by atoms with van der Waals surface area (Å²) in [5.74, 6) is 2.36. The molecule has 0 N–H and O–H groups in total. The maximum absolute atomic E-state index is 13.3. The van der Waals surface area contributed by atoms with Crippen molar-refractivity contribution in [1.82, 2.24) is 14.5 Å². The van der Waals surface area contributed by atoms with Gasteiger partial charge in [-0.3, -0.25) is 4.79 Å². The van der Waals surface area contributed by atoms with E-state index in [0.29, 0.717) is 11.8 Å². The second-order valence-corrected chi connectivity index (χ2v) is 8.72. The van der Waals surface area contributed by atoms with E-state index in [9.17, 15) is 4.79 Å². The third-order valence-corrected chi connectivity index (χ3v) is 6.97. The molecule has 4 nitrogen and oxygen atoms in total. The van der Waals surface area contributed by atoms with E-state index in [0.717, 1.165) is 33.9 Å². The Hall–Kier alpha value is -2.33. The van der Waals surface area contributed by atoms with Crippen molar-refractivity contribution in [2.75, 3.05) is 7.05 Å². The van der Waals surface area contributed by atoms with Crippen molar-refractivity contribution >= 4 is 28.5 Å². The van der Waals surface area contributed by atoms with Crippen molar-refractivity contribution in [3.05, 3.63) is 63.9 Å². The first-order chi connectivity index (χ1) is 13.0. The number of hydrogen-bond acceptors (Lipinski definition) is 2. The van der Waals surface area contributed by atoms with Gasteiger partial charge >= 0.3 is 0 Å². The zero-order valence-corrected chi connectivity index (χ0v) is 16.1. The fourth-order valence-corrected chi connectivity index (χ4v) is 5.37. The van der Waals surface area contributed by atoms with Crippen LogP contribution in [0.25, 0.3) is 11.0 Å². The van der Waals surface area contributed by atoms with Crippen LogP contribution in [0.15, 0.2) is 36.4 Å². The molecule has 3 aromatic rings. The fourth-order valence-electron chi connectivity index (χ4n) is 5.20. The van der Waals surface area contributed by atoms with Crippen molar-refractivity contribution in [2.24, 2.45) is 5.92 Å². The minimum absolute atomic E-state index is 0.00514. The van der Waals surface area contributed by atoms with Gasteiger partial charge in [0.15, 0.2) is 0 Å². The minimum Gasteiger partial charge on any atom is -0.331 e. The highest BCUT2D eigenvalue weighted by Gasteiger charge is 2.46. The summed E-state index contributed by atoms with van der Waals surface area (Å²) in [6, 6.07) is 12.3. The van der Waals surface area contributed by atoms with Gasteiger partial charge in [0.1, 0.15) is 5.82 Å². The van der Waals surface area contributed by atoms with E-state index in [2.05, 4.69) is 17.6 Å². The first-order valence-electron chi connectivity index (χ1n) is 9.62. The number of nitrogens with zero attached hydrogens (tertiary/aromatic N) is 3. The molecule has 1 aliphatic carbocycles. The molecular weight excluding hydrogens is 358 g/mol. The number of rotatable bonds is 1. The minimum atomic E-state index is 0.00514. The molecule has 136 valence electrons. The van der Waals surface area contributed by atoms with E-state index >= 15 is 0 Å². The van der Waals surface area contributed by atoms with E-state index in [1.807, 2.05) is 42.3 Å². The molecule has 6 rings (SSSR count). The van der Waals surface area contributed by atoms with Crippen molar-refractivity contribution in [1.29, 1.82) is 0 Å². The Kier molecular flexibility index (Phi) is 2.99. The van der Waals surface area contributed by atoms with E-state index in [1.54, 1.807) is 0 Å². The second kappa shape index (κ2) is 5.14. The number of fused-ring (bicyclic) bond motifs is 9. The molecule has 0 unspecified atom stereocenters. The summed E-state index contributed by atoms with van der Waals surface area (Å²) in [7, 11) is 1.91. The molecule has 0 radical (unpaired) electrons. The highest BCUT2D eigenvalue weighted by molar-refractivity contribution is 6.31. The first kappa shape index (κ1) is 15.7. The van der Waals surface area contributed by atoms with Crippen LogP contribution in [-0.4, -0.2) is 27.4 Å². The van der Waals surface area contributed by atoms with Crippen molar-refractivity contribution in [3.63, 3.8) is 0 Å². The quantitative estimate of drug-likeness (QED) is 0.602. The summed E-state index contributed by atoms with van der Waals surface area (Å²) in [5.41, 5.74) is 5.44. The third-order valence-electron chi connectivity index (χ3n) is 6.74. The van der Waals surface area contributed by atoms with E-state index < -0.39 is 0 Å². The predicted molar refractivity (Wildman–Crippen MR) is 105 cm³/mol. The van der Waals surface area contributed by atoms with Crippen LogP contribution in [0, 0.1) is 5.92 Å². The number of imidazole rings is 1. The number of carbonyl (C=O) groups is 1. The van der Waals surface area contributed by atoms with Crippen LogP contribution >= 0.6 is 11.6 Å². The molecule has 1 aromatic heterocycles. The maximum atomic E-state index is 13.3. The van der Waals surface area contributed by atoms with Crippen LogP contribution in [0.3, 0.4) is 0 Å². The second-order valence-electron chi connectivity index (χ2n) is 8.28. The van der Waals surface area contributed by atoms with Crippen molar-refractivity contribution in [2.45, 2.75) is 37.8 Å². The third kappa shape index (κ3) is 1.99. The topological polar surface area (TPSA) is 38.1 Å². The molecule has 3 aliphatic rings. The first-order valence-corrected chi connectivity index (χ1v) is 9.99. The number of hydrogen-bond donors (Lipinski definition) is 0. The molecule has 1 saturated carbocycles. The van der Waals surface area contributed by atoms with Gasteiger partial charge in [-0.25, -0.2) is 4.98 Å². The van der Waals surface area contributed by atoms with Gasteiger partial charge in [-0.2, -0.15) is 0 Å². The standard InChI is InChI=1S/C22H20ClN3O/c1-11-8-15(11)13-4-3-5-14-20(13)18-10-19(25(2)22(14)27)21-24-16-7-6-12(23)9-17(16)26(18)21/h3-7,9,11,15,18-19H,8,10H2,1-2H3/t11-,15-,18-,19-/m1/s1. The van der Waals surface area contributed by atoms with Crippen LogP contribution < -0.4 is 0 Å². The fraction of sp³-hybridized carbons (Fsp3) is 0.364. The van der Waals surface area contributed by atoms with Gasteiger partial charge in [0.2, 0.25) is 0 Å². The lowest BCUT2D eigenvalue weighted by molar-refractivity contribution is 0.0734. The summed E-state index contributed by atoms with van der Waals surface area (Å²) in [5, 5.41) is 0.721. The van der Waals surface area contributed by atoms with E-state index in [1.165, 1.54) is 17.5 Å². The molecule has 0 saturated heterocycles. The molecule has 2 aliphatic heterocycles. The molecule has 3 heterocycles. The summed E-state index contributed by atoms with van der Waals surface area (Å²) in [6.45, 7) is 2.30. The summed E-state index contributed by atoms with van der Waals surface area (Å²) < 4.78 is 2.34. The van der Waals surface area contributed by atoms with Gasteiger partial charge in [0, 0.05) is 24.1 Å². The number of benzene rings is 2. The molecule has 1 amide bonds. The average molecular weight is 378 g/mol. The Balaban J connectivity index is 1.68. The van der Waals surface area contributed by atoms with E-state index in [4.69, 9.17) is 16.6 Å². The van der Waals surface area contributed by atoms with Crippen LogP contribution in [-0.2, 0) is 0 Å². The Morgan fingerprint density at radius 1 is 1.15 bits per heavy atom. The van der Waals surface area contributed by atoms with Crippen LogP contribution in [0.1, 0.15) is 65.1 Å². The molecule has 4 atom stereocenters. The highest BCUT2D eigenvalue weighted by Crippen LogP contribution is 2.54.